The van der Waals surface area contributed by atoms with Crippen molar-refractivity contribution in [3.05, 3.63) is 28.2 Å². The number of sulfonamides is 1. The lowest BCUT2D eigenvalue weighted by atomic mass is 10.1. The van der Waals surface area contributed by atoms with Gasteiger partial charge in [-0.25, -0.2) is 13.1 Å². The summed E-state index contributed by atoms with van der Waals surface area (Å²) in [5.41, 5.74) is 0. The Balaban J connectivity index is 3.06. The van der Waals surface area contributed by atoms with E-state index in [1.807, 2.05) is 13.8 Å². The first-order valence-corrected chi connectivity index (χ1v) is 7.60. The predicted molar refractivity (Wildman–Crippen MR) is 72.5 cm³/mol. The molecule has 0 saturated carbocycles. The fraction of sp³-hybridized carbons (Fsp3) is 0.455. The Morgan fingerprint density at radius 2 is 1.94 bits per heavy atom. The van der Waals surface area contributed by atoms with Crippen LogP contribution in [-0.2, 0) is 10.0 Å². The van der Waals surface area contributed by atoms with Crippen LogP contribution < -0.4 is 4.72 Å². The van der Waals surface area contributed by atoms with Crippen LogP contribution in [0.2, 0.25) is 10.0 Å². The maximum absolute atomic E-state index is 12.1. The molecule has 1 atom stereocenters. The standard InChI is InChI=1S/C11H15Cl2NO3S/c1-7(2)10(6-15)14-18(16,17)11-4-3-8(12)5-9(11)13/h3-5,7,10,14-15H,6H2,1-2H3. The zero-order valence-corrected chi connectivity index (χ0v) is 12.4. The highest BCUT2D eigenvalue weighted by atomic mass is 35.5. The number of benzene rings is 1. The molecule has 0 saturated heterocycles. The molecule has 1 aromatic rings. The Morgan fingerprint density at radius 1 is 1.33 bits per heavy atom. The molecule has 0 aromatic heterocycles. The molecule has 0 bridgehead atoms. The molecule has 0 aliphatic carbocycles. The van der Waals surface area contributed by atoms with Gasteiger partial charge in [-0.05, 0) is 24.1 Å². The number of hydrogen-bond donors (Lipinski definition) is 2. The first kappa shape index (κ1) is 15.7. The molecule has 0 spiro atoms. The van der Waals surface area contributed by atoms with Crippen molar-refractivity contribution < 1.29 is 13.5 Å². The van der Waals surface area contributed by atoms with Gasteiger partial charge in [0.1, 0.15) is 4.90 Å². The van der Waals surface area contributed by atoms with E-state index < -0.39 is 16.1 Å². The summed E-state index contributed by atoms with van der Waals surface area (Å²) in [6, 6.07) is 3.59. The number of rotatable bonds is 5. The monoisotopic (exact) mass is 311 g/mol. The lowest BCUT2D eigenvalue weighted by molar-refractivity contribution is 0.227. The van der Waals surface area contributed by atoms with E-state index in [4.69, 9.17) is 28.3 Å². The molecule has 7 heteroatoms. The van der Waals surface area contributed by atoms with Crippen molar-refractivity contribution in [2.45, 2.75) is 24.8 Å². The highest BCUT2D eigenvalue weighted by Gasteiger charge is 2.23. The van der Waals surface area contributed by atoms with Crippen LogP contribution in [0.3, 0.4) is 0 Å². The third-order valence-electron chi connectivity index (χ3n) is 2.49. The minimum Gasteiger partial charge on any atom is -0.395 e. The lowest BCUT2D eigenvalue weighted by Gasteiger charge is -2.20. The van der Waals surface area contributed by atoms with Gasteiger partial charge in [-0.3, -0.25) is 0 Å². The maximum Gasteiger partial charge on any atom is 0.242 e. The van der Waals surface area contributed by atoms with E-state index in [0.29, 0.717) is 5.02 Å². The molecule has 1 aromatic carbocycles. The van der Waals surface area contributed by atoms with Crippen LogP contribution in [0.5, 0.6) is 0 Å². The number of halogens is 2. The van der Waals surface area contributed by atoms with Gasteiger partial charge in [0.25, 0.3) is 0 Å². The summed E-state index contributed by atoms with van der Waals surface area (Å²) in [6.07, 6.45) is 0. The molecular weight excluding hydrogens is 297 g/mol. The lowest BCUT2D eigenvalue weighted by Crippen LogP contribution is -2.41. The Bertz CT molecular complexity index is 517. The van der Waals surface area contributed by atoms with E-state index in [1.165, 1.54) is 18.2 Å². The molecule has 0 radical (unpaired) electrons. The van der Waals surface area contributed by atoms with E-state index in [9.17, 15) is 8.42 Å². The van der Waals surface area contributed by atoms with E-state index in [2.05, 4.69) is 4.72 Å². The van der Waals surface area contributed by atoms with E-state index >= 15 is 0 Å². The second-order valence-corrected chi connectivity index (χ2v) is 6.76. The van der Waals surface area contributed by atoms with Crippen molar-refractivity contribution in [1.29, 1.82) is 0 Å². The van der Waals surface area contributed by atoms with Crippen LogP contribution in [0.4, 0.5) is 0 Å². The van der Waals surface area contributed by atoms with Crippen LogP contribution in [0.15, 0.2) is 23.1 Å². The Labute approximate surface area is 117 Å². The molecule has 1 rings (SSSR count). The number of nitrogens with one attached hydrogen (secondary N) is 1. The molecule has 4 nitrogen and oxygen atoms in total. The summed E-state index contributed by atoms with van der Waals surface area (Å²) >= 11 is 11.6. The smallest absolute Gasteiger partial charge is 0.242 e. The topological polar surface area (TPSA) is 66.4 Å². The summed E-state index contributed by atoms with van der Waals surface area (Å²) in [4.78, 5) is -0.0485. The predicted octanol–water partition coefficient (Wildman–Crippen LogP) is 2.29. The minimum absolute atomic E-state index is 0.0316. The quantitative estimate of drug-likeness (QED) is 0.876. The Morgan fingerprint density at radius 3 is 2.39 bits per heavy atom. The second-order valence-electron chi connectivity index (χ2n) is 4.23. The molecular formula is C11H15Cl2NO3S. The van der Waals surface area contributed by atoms with Crippen LogP contribution in [0.1, 0.15) is 13.8 Å². The van der Waals surface area contributed by atoms with Crippen molar-refractivity contribution in [2.24, 2.45) is 5.92 Å². The third-order valence-corrected chi connectivity index (χ3v) is 4.70. The van der Waals surface area contributed by atoms with Gasteiger partial charge < -0.3 is 5.11 Å². The van der Waals surface area contributed by atoms with Crippen LogP contribution in [-0.4, -0.2) is 26.2 Å². The maximum atomic E-state index is 12.1. The molecule has 1 unspecified atom stereocenters. The fourth-order valence-corrected chi connectivity index (χ4v) is 3.49. The van der Waals surface area contributed by atoms with E-state index in [1.54, 1.807) is 0 Å². The molecule has 2 N–H and O–H groups in total. The van der Waals surface area contributed by atoms with Crippen LogP contribution in [0, 0.1) is 5.92 Å². The second kappa shape index (κ2) is 6.21. The average molecular weight is 312 g/mol. The van der Waals surface area contributed by atoms with Crippen molar-refractivity contribution in [3.8, 4) is 0 Å². The number of aliphatic hydroxyl groups is 1. The van der Waals surface area contributed by atoms with Gasteiger partial charge in [0.05, 0.1) is 11.6 Å². The van der Waals surface area contributed by atoms with Gasteiger partial charge in [-0.2, -0.15) is 0 Å². The SMILES string of the molecule is CC(C)C(CO)NS(=O)(=O)c1ccc(Cl)cc1Cl. The summed E-state index contributed by atoms with van der Waals surface area (Å²) in [6.45, 7) is 3.35. The largest absolute Gasteiger partial charge is 0.395 e. The summed E-state index contributed by atoms with van der Waals surface area (Å²) in [7, 11) is -3.76. The summed E-state index contributed by atoms with van der Waals surface area (Å²) in [5, 5.41) is 9.55. The summed E-state index contributed by atoms with van der Waals surface area (Å²) in [5.74, 6) is -0.0316. The number of aliphatic hydroxyl groups excluding tert-OH is 1. The first-order chi connectivity index (χ1) is 8.27. The van der Waals surface area contributed by atoms with Gasteiger partial charge in [0, 0.05) is 11.1 Å². The van der Waals surface area contributed by atoms with Gasteiger partial charge in [0.15, 0.2) is 0 Å². The van der Waals surface area contributed by atoms with Crippen LogP contribution >= 0.6 is 23.2 Å². The summed E-state index contributed by atoms with van der Waals surface area (Å²) < 4.78 is 26.6. The zero-order valence-electron chi connectivity index (χ0n) is 10.0. The van der Waals surface area contributed by atoms with E-state index in [-0.39, 0.29) is 22.4 Å². The van der Waals surface area contributed by atoms with Crippen molar-refractivity contribution >= 4 is 33.2 Å². The van der Waals surface area contributed by atoms with Gasteiger partial charge in [0.2, 0.25) is 10.0 Å². The van der Waals surface area contributed by atoms with Crippen molar-refractivity contribution in [3.63, 3.8) is 0 Å². The van der Waals surface area contributed by atoms with E-state index in [0.717, 1.165) is 0 Å². The highest BCUT2D eigenvalue weighted by molar-refractivity contribution is 7.89. The molecule has 0 amide bonds. The molecule has 0 aliphatic heterocycles. The highest BCUT2D eigenvalue weighted by Crippen LogP contribution is 2.25. The Hall–Kier alpha value is -0.330. The molecule has 0 fully saturated rings. The molecule has 0 aliphatic rings. The van der Waals surface area contributed by atoms with Gasteiger partial charge in [-0.1, -0.05) is 37.0 Å². The molecule has 18 heavy (non-hydrogen) atoms. The van der Waals surface area contributed by atoms with Crippen LogP contribution in [0.25, 0.3) is 0 Å². The molecule has 0 heterocycles. The van der Waals surface area contributed by atoms with Gasteiger partial charge >= 0.3 is 0 Å². The van der Waals surface area contributed by atoms with Gasteiger partial charge in [-0.15, -0.1) is 0 Å². The van der Waals surface area contributed by atoms with Crippen molar-refractivity contribution in [2.75, 3.05) is 6.61 Å². The normalized spacial score (nSPS) is 13.9. The first-order valence-electron chi connectivity index (χ1n) is 5.36. The minimum atomic E-state index is -3.76. The average Bonchev–Trinajstić information content (AvgIpc) is 2.24. The number of hydrogen-bond acceptors (Lipinski definition) is 3. The molecule has 102 valence electrons. The fourth-order valence-electron chi connectivity index (χ4n) is 1.34. The Kier molecular flexibility index (Phi) is 5.43. The third kappa shape index (κ3) is 3.83. The zero-order chi connectivity index (χ0) is 13.9. The van der Waals surface area contributed by atoms with Crippen molar-refractivity contribution in [1.82, 2.24) is 4.72 Å².